The lowest BCUT2D eigenvalue weighted by Gasteiger charge is -2.26. The average Bonchev–Trinajstić information content (AvgIpc) is 3.37. The Hall–Kier alpha value is -2.04. The zero-order valence-electron chi connectivity index (χ0n) is 15.7. The van der Waals surface area contributed by atoms with Crippen LogP contribution in [0.2, 0.25) is 0 Å². The smallest absolute Gasteiger partial charge is 0.426 e. The molecule has 3 heterocycles. The first-order valence-electron chi connectivity index (χ1n) is 9.82. The van der Waals surface area contributed by atoms with Crippen LogP contribution in [-0.2, 0) is 19.2 Å². The highest BCUT2D eigenvalue weighted by Gasteiger charge is 2.41. The van der Waals surface area contributed by atoms with Crippen molar-refractivity contribution < 1.29 is 29.2 Å². The molecule has 3 rings (SSSR count). The van der Waals surface area contributed by atoms with Gasteiger partial charge in [-0.05, 0) is 38.1 Å². The van der Waals surface area contributed by atoms with Gasteiger partial charge in [0, 0.05) is 38.1 Å². The molecular weight excluding hydrogens is 365 g/mol. The van der Waals surface area contributed by atoms with Crippen LogP contribution >= 0.6 is 0 Å². The van der Waals surface area contributed by atoms with E-state index >= 15 is 0 Å². The minimum Gasteiger partial charge on any atom is -0.426 e. The van der Waals surface area contributed by atoms with E-state index in [-0.39, 0.29) is 42.4 Å². The number of likely N-dealkylation sites (tertiary alicyclic amines) is 1. The Balaban J connectivity index is 1.39. The fraction of sp³-hybridized carbons (Fsp3) is 0.667. The van der Waals surface area contributed by atoms with Gasteiger partial charge in [-0.2, -0.15) is 0 Å². The van der Waals surface area contributed by atoms with Gasteiger partial charge in [-0.1, -0.05) is 0 Å². The molecule has 0 spiro atoms. The Labute approximate surface area is 163 Å². The quantitative estimate of drug-likeness (QED) is 0.344. The van der Waals surface area contributed by atoms with Gasteiger partial charge in [-0.15, -0.1) is 0 Å². The second-order valence-electron chi connectivity index (χ2n) is 7.73. The molecule has 2 saturated heterocycles. The van der Waals surface area contributed by atoms with E-state index in [1.807, 2.05) is 0 Å². The summed E-state index contributed by atoms with van der Waals surface area (Å²) in [6, 6.07) is -0.400. The van der Waals surface area contributed by atoms with Gasteiger partial charge in [-0.3, -0.25) is 24.1 Å². The van der Waals surface area contributed by atoms with E-state index in [0.29, 0.717) is 38.8 Å². The molecule has 0 saturated carbocycles. The summed E-state index contributed by atoms with van der Waals surface area (Å²) in [4.78, 5) is 50.5. The standard InChI is InChI=1S/C18H26BN3O6/c23-13(3-1-8-22-16(24)5-6-17(22)25)9-12-10-14(20-11-12)18(26)21-7-2-4-15(21)19(27)28/h5-6,12,14-15,20,27-28H,1-4,7-11H2/t12-,14+,15+/m1/s1. The monoisotopic (exact) mass is 391 g/mol. The van der Waals surface area contributed by atoms with Gasteiger partial charge < -0.3 is 20.3 Å². The van der Waals surface area contributed by atoms with E-state index in [1.54, 1.807) is 0 Å². The van der Waals surface area contributed by atoms with Gasteiger partial charge in [0.15, 0.2) is 0 Å². The summed E-state index contributed by atoms with van der Waals surface area (Å²) in [6.45, 7) is 1.32. The number of hydrogen-bond acceptors (Lipinski definition) is 7. The number of carbonyl (C=O) groups is 4. The second-order valence-corrected chi connectivity index (χ2v) is 7.73. The summed E-state index contributed by atoms with van der Waals surface area (Å²) in [6.07, 6.45) is 5.40. The highest BCUT2D eigenvalue weighted by molar-refractivity contribution is 6.43. The number of ketones is 1. The molecule has 3 aliphatic heterocycles. The molecule has 3 amide bonds. The summed E-state index contributed by atoms with van der Waals surface area (Å²) >= 11 is 0. The van der Waals surface area contributed by atoms with Gasteiger partial charge in [0.1, 0.15) is 5.78 Å². The normalized spacial score (nSPS) is 27.1. The zero-order chi connectivity index (χ0) is 20.3. The molecule has 0 aliphatic carbocycles. The van der Waals surface area contributed by atoms with Crippen LogP contribution < -0.4 is 5.32 Å². The number of imide groups is 1. The summed E-state index contributed by atoms with van der Waals surface area (Å²) in [5, 5.41) is 22.0. The average molecular weight is 391 g/mol. The molecule has 3 atom stereocenters. The first kappa shape index (κ1) is 20.7. The summed E-state index contributed by atoms with van der Waals surface area (Å²) in [7, 11) is -1.53. The largest absolute Gasteiger partial charge is 0.475 e. The Kier molecular flexibility index (Phi) is 6.63. The van der Waals surface area contributed by atoms with Crippen LogP contribution in [-0.4, -0.2) is 82.1 Å². The van der Waals surface area contributed by atoms with Crippen LogP contribution in [0.15, 0.2) is 12.2 Å². The van der Waals surface area contributed by atoms with Gasteiger partial charge in [0.25, 0.3) is 11.8 Å². The van der Waals surface area contributed by atoms with E-state index in [2.05, 4.69) is 5.32 Å². The van der Waals surface area contributed by atoms with E-state index in [9.17, 15) is 29.2 Å². The van der Waals surface area contributed by atoms with Gasteiger partial charge in [-0.25, -0.2) is 0 Å². The second kappa shape index (κ2) is 8.98. The van der Waals surface area contributed by atoms with Crippen LogP contribution in [0, 0.1) is 5.92 Å². The molecule has 2 fully saturated rings. The van der Waals surface area contributed by atoms with Crippen LogP contribution in [0.5, 0.6) is 0 Å². The van der Waals surface area contributed by atoms with Crippen molar-refractivity contribution in [3.8, 4) is 0 Å². The lowest BCUT2D eigenvalue weighted by atomic mass is 9.77. The van der Waals surface area contributed by atoms with Crippen LogP contribution in [0.4, 0.5) is 0 Å². The Morgan fingerprint density at radius 3 is 2.61 bits per heavy atom. The number of Topliss-reactive ketones (excluding diaryl/α,β-unsaturated/α-hetero) is 1. The van der Waals surface area contributed by atoms with Crippen LogP contribution in [0.3, 0.4) is 0 Å². The number of rotatable bonds is 8. The third-order valence-corrected chi connectivity index (χ3v) is 5.70. The molecule has 0 aromatic heterocycles. The van der Waals surface area contributed by atoms with Gasteiger partial charge in [0.2, 0.25) is 5.91 Å². The fourth-order valence-corrected chi connectivity index (χ4v) is 4.24. The fourth-order valence-electron chi connectivity index (χ4n) is 4.24. The third kappa shape index (κ3) is 4.68. The van der Waals surface area contributed by atoms with Crippen molar-refractivity contribution in [2.24, 2.45) is 5.92 Å². The number of amides is 3. The molecule has 28 heavy (non-hydrogen) atoms. The highest BCUT2D eigenvalue weighted by atomic mass is 16.4. The molecule has 0 unspecified atom stereocenters. The predicted molar refractivity (Wildman–Crippen MR) is 99.5 cm³/mol. The van der Waals surface area contributed by atoms with E-state index in [1.165, 1.54) is 17.1 Å². The molecule has 0 radical (unpaired) electrons. The Bertz CT molecular complexity index is 664. The summed E-state index contributed by atoms with van der Waals surface area (Å²) in [5.41, 5.74) is 0. The maximum Gasteiger partial charge on any atom is 0.475 e. The molecule has 10 heteroatoms. The summed E-state index contributed by atoms with van der Waals surface area (Å²) < 4.78 is 0. The molecule has 152 valence electrons. The number of nitrogens with one attached hydrogen (secondary N) is 1. The first-order chi connectivity index (χ1) is 13.4. The summed E-state index contributed by atoms with van der Waals surface area (Å²) in [5.74, 6) is -1.27. The van der Waals surface area contributed by atoms with Crippen LogP contribution in [0.25, 0.3) is 0 Å². The van der Waals surface area contributed by atoms with Crippen molar-refractivity contribution in [3.63, 3.8) is 0 Å². The first-order valence-corrected chi connectivity index (χ1v) is 9.82. The van der Waals surface area contributed by atoms with E-state index in [0.717, 1.165) is 11.3 Å². The van der Waals surface area contributed by atoms with Crippen molar-refractivity contribution in [3.05, 3.63) is 12.2 Å². The molecule has 3 N–H and O–H groups in total. The Morgan fingerprint density at radius 1 is 1.21 bits per heavy atom. The minimum atomic E-state index is -1.53. The molecule has 0 aromatic carbocycles. The van der Waals surface area contributed by atoms with Crippen molar-refractivity contribution in [2.45, 2.75) is 50.5 Å². The van der Waals surface area contributed by atoms with Crippen molar-refractivity contribution in [1.82, 2.24) is 15.1 Å². The molecule has 3 aliphatic rings. The minimum absolute atomic E-state index is 0.0526. The maximum absolute atomic E-state index is 12.7. The van der Waals surface area contributed by atoms with Gasteiger partial charge >= 0.3 is 7.12 Å². The highest BCUT2D eigenvalue weighted by Crippen LogP contribution is 2.25. The number of carbonyl (C=O) groups excluding carboxylic acids is 4. The van der Waals surface area contributed by atoms with Crippen molar-refractivity contribution >= 4 is 30.6 Å². The molecule has 9 nitrogen and oxygen atoms in total. The third-order valence-electron chi connectivity index (χ3n) is 5.70. The van der Waals surface area contributed by atoms with Crippen LogP contribution in [0.1, 0.15) is 38.5 Å². The lowest BCUT2D eigenvalue weighted by molar-refractivity contribution is -0.137. The van der Waals surface area contributed by atoms with Crippen molar-refractivity contribution in [2.75, 3.05) is 19.6 Å². The maximum atomic E-state index is 12.7. The zero-order valence-corrected chi connectivity index (χ0v) is 15.7. The van der Waals surface area contributed by atoms with Crippen molar-refractivity contribution in [1.29, 1.82) is 0 Å². The molecule has 0 bridgehead atoms. The number of hydrogen-bond donors (Lipinski definition) is 3. The van der Waals surface area contributed by atoms with Gasteiger partial charge in [0.05, 0.1) is 12.0 Å². The van der Waals surface area contributed by atoms with E-state index in [4.69, 9.17) is 0 Å². The molecule has 0 aromatic rings. The topological polar surface area (TPSA) is 127 Å². The lowest BCUT2D eigenvalue weighted by Crippen LogP contribution is -2.51. The Morgan fingerprint density at radius 2 is 1.93 bits per heavy atom. The predicted octanol–water partition coefficient (Wildman–Crippen LogP) is -1.37. The number of nitrogens with zero attached hydrogens (tertiary/aromatic N) is 2. The van der Waals surface area contributed by atoms with E-state index < -0.39 is 19.1 Å². The SMILES string of the molecule is O=C(CCCN1C(=O)C=CC1=O)C[C@H]1CN[C@H](C(=O)N2CCC[C@H]2B(O)O)C1. The molecular formula is C18H26BN3O6.